The third kappa shape index (κ3) is 2.30. The maximum atomic E-state index is 6.47. The molecule has 0 amide bonds. The molecular formula is C23H23BO3. The number of hydrogen-bond acceptors (Lipinski definition) is 3. The first-order chi connectivity index (χ1) is 12.9. The normalized spacial score (nSPS) is 22.3. The molecule has 1 atom stereocenters. The van der Waals surface area contributed by atoms with E-state index in [0.717, 1.165) is 33.8 Å². The van der Waals surface area contributed by atoms with Crippen LogP contribution in [0.4, 0.5) is 0 Å². The Morgan fingerprint density at radius 1 is 0.815 bits per heavy atom. The molecule has 1 aliphatic rings. The van der Waals surface area contributed by atoms with Gasteiger partial charge in [-0.15, -0.1) is 0 Å². The van der Waals surface area contributed by atoms with Gasteiger partial charge in [0.2, 0.25) is 0 Å². The van der Waals surface area contributed by atoms with Crippen LogP contribution in [0.15, 0.2) is 59.0 Å². The van der Waals surface area contributed by atoms with Crippen LogP contribution in [0.2, 0.25) is 0 Å². The van der Waals surface area contributed by atoms with E-state index in [1.54, 1.807) is 0 Å². The minimum Gasteiger partial charge on any atom is -0.456 e. The Balaban J connectivity index is 1.80. The van der Waals surface area contributed by atoms with Crippen molar-refractivity contribution < 1.29 is 13.7 Å². The lowest BCUT2D eigenvalue weighted by molar-refractivity contribution is -0.0118. The smallest absolute Gasteiger partial charge is 0.456 e. The number of fused-ring (bicyclic) bond motifs is 5. The average molecular weight is 358 g/mol. The summed E-state index contributed by atoms with van der Waals surface area (Å²) < 4.78 is 19.1. The van der Waals surface area contributed by atoms with Crippen LogP contribution in [0.1, 0.15) is 34.1 Å². The highest BCUT2D eigenvalue weighted by Gasteiger charge is 2.54. The molecule has 2 heterocycles. The Morgan fingerprint density at radius 3 is 2.37 bits per heavy atom. The molecule has 1 aliphatic heterocycles. The summed E-state index contributed by atoms with van der Waals surface area (Å²) in [6.07, 6.45) is 0.890. The van der Waals surface area contributed by atoms with E-state index in [1.165, 1.54) is 10.8 Å². The van der Waals surface area contributed by atoms with Gasteiger partial charge < -0.3 is 13.7 Å². The van der Waals surface area contributed by atoms with E-state index >= 15 is 0 Å². The third-order valence-electron chi connectivity index (χ3n) is 6.39. The molecule has 0 aliphatic carbocycles. The average Bonchev–Trinajstić information content (AvgIpc) is 3.16. The Morgan fingerprint density at radius 2 is 1.59 bits per heavy atom. The van der Waals surface area contributed by atoms with Gasteiger partial charge in [-0.1, -0.05) is 49.4 Å². The van der Waals surface area contributed by atoms with Crippen molar-refractivity contribution in [1.29, 1.82) is 0 Å². The fraction of sp³-hybridized carbons (Fsp3) is 0.304. The Bertz CT molecular complexity index is 1180. The van der Waals surface area contributed by atoms with Gasteiger partial charge in [-0.05, 0) is 55.6 Å². The lowest BCUT2D eigenvalue weighted by Gasteiger charge is -2.35. The molecule has 27 heavy (non-hydrogen) atoms. The van der Waals surface area contributed by atoms with E-state index in [0.29, 0.717) is 0 Å². The first-order valence-corrected chi connectivity index (χ1v) is 9.62. The largest absolute Gasteiger partial charge is 0.495 e. The molecule has 3 nitrogen and oxygen atoms in total. The topological polar surface area (TPSA) is 31.6 Å². The van der Waals surface area contributed by atoms with Gasteiger partial charge in [0.15, 0.2) is 0 Å². The van der Waals surface area contributed by atoms with Crippen molar-refractivity contribution in [3.05, 3.63) is 54.6 Å². The molecule has 4 heteroatoms. The second kappa shape index (κ2) is 5.60. The fourth-order valence-corrected chi connectivity index (χ4v) is 4.24. The van der Waals surface area contributed by atoms with Crippen LogP contribution in [0.5, 0.6) is 0 Å². The maximum Gasteiger partial charge on any atom is 0.495 e. The SMILES string of the molecule is CCC1(C)OB(c2cccc3oc4ccc5ccccc5c4c23)OC1(C)C. The van der Waals surface area contributed by atoms with E-state index in [4.69, 9.17) is 13.7 Å². The zero-order valence-electron chi connectivity index (χ0n) is 16.2. The standard InChI is InChI=1S/C23H23BO3/c1-5-23(4)22(2,3)26-24(27-23)17-11-8-12-18-21(17)20-16-10-7-6-9-15(16)13-14-19(20)25-18/h6-14H,5H2,1-4H3. The quantitative estimate of drug-likeness (QED) is 0.448. The van der Waals surface area contributed by atoms with Crippen molar-refractivity contribution in [3.8, 4) is 0 Å². The van der Waals surface area contributed by atoms with Crippen molar-refractivity contribution in [3.63, 3.8) is 0 Å². The molecule has 1 fully saturated rings. The lowest BCUT2D eigenvalue weighted by atomic mass is 9.76. The van der Waals surface area contributed by atoms with E-state index in [2.05, 4.69) is 70.2 Å². The molecule has 1 unspecified atom stereocenters. The van der Waals surface area contributed by atoms with E-state index in [-0.39, 0.29) is 11.2 Å². The number of hydrogen-bond donors (Lipinski definition) is 0. The van der Waals surface area contributed by atoms with Gasteiger partial charge in [-0.3, -0.25) is 0 Å². The van der Waals surface area contributed by atoms with E-state index < -0.39 is 7.12 Å². The summed E-state index contributed by atoms with van der Waals surface area (Å²) in [4.78, 5) is 0. The van der Waals surface area contributed by atoms with Crippen molar-refractivity contribution in [2.75, 3.05) is 0 Å². The van der Waals surface area contributed by atoms with Gasteiger partial charge >= 0.3 is 7.12 Å². The Hall–Kier alpha value is -2.30. The summed E-state index contributed by atoms with van der Waals surface area (Å²) in [5.41, 5.74) is 2.10. The lowest BCUT2D eigenvalue weighted by Crippen LogP contribution is -2.44. The molecule has 3 aromatic carbocycles. The van der Waals surface area contributed by atoms with Crippen LogP contribution in [0.25, 0.3) is 32.7 Å². The highest BCUT2D eigenvalue weighted by atomic mass is 16.7. The van der Waals surface area contributed by atoms with Crippen LogP contribution in [-0.2, 0) is 9.31 Å². The minimum atomic E-state index is -0.409. The Kier molecular flexibility index (Phi) is 3.50. The van der Waals surface area contributed by atoms with Gasteiger partial charge in [-0.25, -0.2) is 0 Å². The second-order valence-corrected chi connectivity index (χ2v) is 8.14. The summed E-state index contributed by atoms with van der Waals surface area (Å²) in [7, 11) is -0.409. The van der Waals surface area contributed by atoms with Crippen LogP contribution in [0.3, 0.4) is 0 Å². The molecule has 1 saturated heterocycles. The second-order valence-electron chi connectivity index (χ2n) is 8.14. The first kappa shape index (κ1) is 16.8. The number of furan rings is 1. The molecule has 0 spiro atoms. The summed E-state index contributed by atoms with van der Waals surface area (Å²) in [6, 6.07) is 18.7. The zero-order chi connectivity index (χ0) is 18.8. The van der Waals surface area contributed by atoms with Gasteiger partial charge in [0.1, 0.15) is 11.2 Å². The van der Waals surface area contributed by atoms with Crippen molar-refractivity contribution in [2.24, 2.45) is 0 Å². The highest BCUT2D eigenvalue weighted by molar-refractivity contribution is 6.66. The molecule has 1 aromatic heterocycles. The molecule has 0 N–H and O–H groups in total. The zero-order valence-corrected chi connectivity index (χ0v) is 16.2. The van der Waals surface area contributed by atoms with E-state index in [9.17, 15) is 0 Å². The summed E-state index contributed by atoms with van der Waals surface area (Å²) >= 11 is 0. The van der Waals surface area contributed by atoms with Gasteiger partial charge in [-0.2, -0.15) is 0 Å². The Labute approximate surface area is 159 Å². The van der Waals surface area contributed by atoms with Gasteiger partial charge in [0.05, 0.1) is 11.2 Å². The molecular weight excluding hydrogens is 335 g/mol. The number of rotatable bonds is 2. The van der Waals surface area contributed by atoms with Crippen LogP contribution in [0, 0.1) is 0 Å². The van der Waals surface area contributed by atoms with Crippen molar-refractivity contribution in [2.45, 2.75) is 45.3 Å². The highest BCUT2D eigenvalue weighted by Crippen LogP contribution is 2.41. The molecule has 0 saturated carbocycles. The van der Waals surface area contributed by atoms with Crippen LogP contribution >= 0.6 is 0 Å². The monoisotopic (exact) mass is 358 g/mol. The van der Waals surface area contributed by atoms with Crippen LogP contribution in [-0.4, -0.2) is 18.3 Å². The number of benzene rings is 3. The van der Waals surface area contributed by atoms with Crippen molar-refractivity contribution >= 4 is 45.3 Å². The van der Waals surface area contributed by atoms with E-state index in [1.807, 2.05) is 12.1 Å². The van der Waals surface area contributed by atoms with Gasteiger partial charge in [0, 0.05) is 10.8 Å². The fourth-order valence-electron chi connectivity index (χ4n) is 4.24. The molecule has 4 aromatic rings. The third-order valence-corrected chi connectivity index (χ3v) is 6.39. The molecule has 0 radical (unpaired) electrons. The molecule has 136 valence electrons. The summed E-state index contributed by atoms with van der Waals surface area (Å²) in [5, 5.41) is 4.62. The molecule has 5 rings (SSSR count). The van der Waals surface area contributed by atoms with Gasteiger partial charge in [0.25, 0.3) is 0 Å². The molecule has 0 bridgehead atoms. The summed E-state index contributed by atoms with van der Waals surface area (Å²) in [6.45, 7) is 8.50. The van der Waals surface area contributed by atoms with Crippen LogP contribution < -0.4 is 5.46 Å². The predicted molar refractivity (Wildman–Crippen MR) is 112 cm³/mol. The summed E-state index contributed by atoms with van der Waals surface area (Å²) in [5.74, 6) is 0. The first-order valence-electron chi connectivity index (χ1n) is 9.62. The predicted octanol–water partition coefficient (Wildman–Crippen LogP) is 5.43. The maximum absolute atomic E-state index is 6.47. The van der Waals surface area contributed by atoms with Crippen molar-refractivity contribution in [1.82, 2.24) is 0 Å². The minimum absolute atomic E-state index is 0.332.